The van der Waals surface area contributed by atoms with Crippen molar-refractivity contribution < 1.29 is 0 Å². The van der Waals surface area contributed by atoms with E-state index >= 15 is 0 Å². The summed E-state index contributed by atoms with van der Waals surface area (Å²) in [6, 6.07) is 1.99. The van der Waals surface area contributed by atoms with Gasteiger partial charge in [-0.05, 0) is 6.07 Å². The van der Waals surface area contributed by atoms with Crippen LogP contribution in [-0.4, -0.2) is 15.5 Å². The second kappa shape index (κ2) is 3.01. The van der Waals surface area contributed by atoms with Gasteiger partial charge in [0.2, 0.25) is 0 Å². The molecule has 50 valence electrons. The summed E-state index contributed by atoms with van der Waals surface area (Å²) < 4.78 is 0. The van der Waals surface area contributed by atoms with Crippen molar-refractivity contribution in [2.45, 2.75) is 12.8 Å². The van der Waals surface area contributed by atoms with E-state index in [4.69, 9.17) is 0 Å². The summed E-state index contributed by atoms with van der Waals surface area (Å²) in [5.74, 6) is 0.535. The summed E-state index contributed by atoms with van der Waals surface area (Å²) in [5.41, 5.74) is 1.19. The lowest BCUT2D eigenvalue weighted by atomic mass is 10.1. The first kappa shape index (κ1) is 6.81. The van der Waals surface area contributed by atoms with Crippen LogP contribution in [0.3, 0.4) is 0 Å². The quantitative estimate of drug-likeness (QED) is 0.707. The fraction of sp³-hybridized carbons (Fsp3) is 0.500. The van der Waals surface area contributed by atoms with Crippen LogP contribution in [0.25, 0.3) is 0 Å². The summed E-state index contributed by atoms with van der Waals surface area (Å²) >= 11 is 3.39. The number of rotatable bonds is 2. The average Bonchev–Trinajstić information content (AvgIpc) is 2.37. The molecule has 0 aliphatic heterocycles. The normalized spacial score (nSPS) is 13.6. The smallest absolute Gasteiger partial charge is 0.0490 e. The van der Waals surface area contributed by atoms with Crippen LogP contribution in [0.15, 0.2) is 12.3 Å². The first-order valence-corrected chi connectivity index (χ1v) is 4.02. The lowest BCUT2D eigenvalue weighted by Crippen LogP contribution is -1.93. The molecule has 2 nitrogen and oxygen atoms in total. The van der Waals surface area contributed by atoms with Crippen molar-refractivity contribution in [3.05, 3.63) is 18.0 Å². The molecule has 0 amide bonds. The van der Waals surface area contributed by atoms with Crippen molar-refractivity contribution in [2.24, 2.45) is 0 Å². The van der Waals surface area contributed by atoms with E-state index in [2.05, 4.69) is 33.1 Å². The molecule has 0 spiro atoms. The van der Waals surface area contributed by atoms with Crippen molar-refractivity contribution in [2.75, 3.05) is 5.33 Å². The van der Waals surface area contributed by atoms with E-state index in [9.17, 15) is 0 Å². The maximum atomic E-state index is 3.85. The molecule has 0 radical (unpaired) electrons. The van der Waals surface area contributed by atoms with E-state index in [1.54, 1.807) is 6.20 Å². The first-order valence-electron chi connectivity index (χ1n) is 2.90. The van der Waals surface area contributed by atoms with E-state index in [0.717, 1.165) is 5.33 Å². The van der Waals surface area contributed by atoms with Crippen LogP contribution < -0.4 is 0 Å². The molecular weight excluding hydrogens is 180 g/mol. The minimum atomic E-state index is 0.535. The molecule has 0 bridgehead atoms. The Kier molecular flexibility index (Phi) is 2.28. The van der Waals surface area contributed by atoms with Gasteiger partial charge in [-0.3, -0.25) is 5.10 Å². The molecule has 0 saturated heterocycles. The van der Waals surface area contributed by atoms with Gasteiger partial charge in [-0.1, -0.05) is 22.9 Å². The minimum absolute atomic E-state index is 0.535. The van der Waals surface area contributed by atoms with E-state index in [-0.39, 0.29) is 0 Å². The standard InChI is InChI=1S/C6H9BrN2/c1-5(4-7)6-2-3-8-9-6/h2-3,5H,4H2,1H3,(H,8,9). The highest BCUT2D eigenvalue weighted by molar-refractivity contribution is 9.09. The third-order valence-electron chi connectivity index (χ3n) is 1.28. The SMILES string of the molecule is CC(CBr)c1ccn[nH]1. The number of nitrogens with one attached hydrogen (secondary N) is 1. The number of hydrogen-bond donors (Lipinski definition) is 1. The summed E-state index contributed by atoms with van der Waals surface area (Å²) in [6.07, 6.45) is 1.77. The van der Waals surface area contributed by atoms with Crippen molar-refractivity contribution in [1.29, 1.82) is 0 Å². The van der Waals surface area contributed by atoms with Gasteiger partial charge in [0, 0.05) is 23.1 Å². The Morgan fingerprint density at radius 2 is 2.67 bits per heavy atom. The Morgan fingerprint density at radius 1 is 1.89 bits per heavy atom. The highest BCUT2D eigenvalue weighted by Crippen LogP contribution is 2.12. The van der Waals surface area contributed by atoms with Crippen molar-refractivity contribution in [3.63, 3.8) is 0 Å². The van der Waals surface area contributed by atoms with E-state index in [1.165, 1.54) is 5.69 Å². The van der Waals surface area contributed by atoms with Gasteiger partial charge in [0.05, 0.1) is 0 Å². The maximum Gasteiger partial charge on any atom is 0.0490 e. The number of halogens is 1. The molecule has 1 heterocycles. The van der Waals surface area contributed by atoms with Crippen molar-refractivity contribution >= 4 is 15.9 Å². The van der Waals surface area contributed by atoms with E-state index < -0.39 is 0 Å². The second-order valence-corrected chi connectivity index (χ2v) is 2.71. The Morgan fingerprint density at radius 3 is 3.11 bits per heavy atom. The van der Waals surface area contributed by atoms with Gasteiger partial charge < -0.3 is 0 Å². The van der Waals surface area contributed by atoms with Crippen LogP contribution in [0.1, 0.15) is 18.5 Å². The van der Waals surface area contributed by atoms with Gasteiger partial charge in [-0.2, -0.15) is 5.10 Å². The van der Waals surface area contributed by atoms with Crippen LogP contribution in [0.4, 0.5) is 0 Å². The van der Waals surface area contributed by atoms with Crippen LogP contribution in [0.2, 0.25) is 0 Å². The Hall–Kier alpha value is -0.310. The molecular formula is C6H9BrN2. The van der Waals surface area contributed by atoms with Gasteiger partial charge >= 0.3 is 0 Å². The predicted molar refractivity (Wildman–Crippen MR) is 40.8 cm³/mol. The summed E-state index contributed by atoms with van der Waals surface area (Å²) in [7, 11) is 0. The predicted octanol–water partition coefficient (Wildman–Crippen LogP) is 1.91. The molecule has 1 aromatic heterocycles. The zero-order chi connectivity index (χ0) is 6.69. The third-order valence-corrected chi connectivity index (χ3v) is 2.26. The van der Waals surface area contributed by atoms with Crippen LogP contribution in [0.5, 0.6) is 0 Å². The number of hydrogen-bond acceptors (Lipinski definition) is 1. The molecule has 0 aliphatic carbocycles. The van der Waals surface area contributed by atoms with Gasteiger partial charge in [-0.15, -0.1) is 0 Å². The maximum absolute atomic E-state index is 3.85. The highest BCUT2D eigenvalue weighted by Gasteiger charge is 2.02. The fourth-order valence-corrected chi connectivity index (χ4v) is 0.973. The summed E-state index contributed by atoms with van der Waals surface area (Å²) in [6.45, 7) is 2.14. The van der Waals surface area contributed by atoms with E-state index in [1.807, 2.05) is 6.07 Å². The largest absolute Gasteiger partial charge is 0.282 e. The molecule has 1 unspecified atom stereocenters. The molecule has 0 aromatic carbocycles. The monoisotopic (exact) mass is 188 g/mol. The van der Waals surface area contributed by atoms with Crippen LogP contribution in [-0.2, 0) is 0 Å². The summed E-state index contributed by atoms with van der Waals surface area (Å²) in [5, 5.41) is 7.73. The zero-order valence-electron chi connectivity index (χ0n) is 5.26. The molecule has 1 rings (SSSR count). The Bertz CT molecular complexity index is 160. The number of H-pyrrole nitrogens is 1. The number of aromatic amines is 1. The van der Waals surface area contributed by atoms with Gasteiger partial charge in [-0.25, -0.2) is 0 Å². The van der Waals surface area contributed by atoms with Crippen LogP contribution >= 0.6 is 15.9 Å². The van der Waals surface area contributed by atoms with Crippen molar-refractivity contribution in [3.8, 4) is 0 Å². The number of alkyl halides is 1. The molecule has 1 atom stereocenters. The zero-order valence-corrected chi connectivity index (χ0v) is 6.85. The molecule has 0 aliphatic rings. The number of nitrogens with zero attached hydrogens (tertiary/aromatic N) is 1. The minimum Gasteiger partial charge on any atom is -0.282 e. The molecule has 9 heavy (non-hydrogen) atoms. The number of aromatic nitrogens is 2. The van der Waals surface area contributed by atoms with Crippen molar-refractivity contribution in [1.82, 2.24) is 10.2 Å². The van der Waals surface area contributed by atoms with Gasteiger partial charge in [0.1, 0.15) is 0 Å². The van der Waals surface area contributed by atoms with Crippen LogP contribution in [0, 0.1) is 0 Å². The average molecular weight is 189 g/mol. The second-order valence-electron chi connectivity index (χ2n) is 2.07. The lowest BCUT2D eigenvalue weighted by Gasteiger charge is -2.00. The lowest BCUT2D eigenvalue weighted by molar-refractivity contribution is 0.827. The Labute approximate surface area is 62.8 Å². The Balaban J connectivity index is 2.65. The molecule has 0 fully saturated rings. The molecule has 1 N–H and O–H groups in total. The highest BCUT2D eigenvalue weighted by atomic mass is 79.9. The van der Waals surface area contributed by atoms with Gasteiger partial charge in [0.25, 0.3) is 0 Å². The molecule has 0 saturated carbocycles. The molecule has 1 aromatic rings. The first-order chi connectivity index (χ1) is 4.34. The molecule has 3 heteroatoms. The fourth-order valence-electron chi connectivity index (χ4n) is 0.624. The topological polar surface area (TPSA) is 28.7 Å². The third kappa shape index (κ3) is 1.55. The van der Waals surface area contributed by atoms with Gasteiger partial charge in [0.15, 0.2) is 0 Å². The van der Waals surface area contributed by atoms with E-state index in [0.29, 0.717) is 5.92 Å². The summed E-state index contributed by atoms with van der Waals surface area (Å²) in [4.78, 5) is 0.